The van der Waals surface area contributed by atoms with E-state index in [1.54, 1.807) is 0 Å². The van der Waals surface area contributed by atoms with Gasteiger partial charge >= 0.3 is 0 Å². The predicted octanol–water partition coefficient (Wildman–Crippen LogP) is 4.17. The summed E-state index contributed by atoms with van der Waals surface area (Å²) in [6.45, 7) is -25.8. The summed E-state index contributed by atoms with van der Waals surface area (Å²) in [7, 11) is 0. The second-order valence-corrected chi connectivity index (χ2v) is 6.07. The summed E-state index contributed by atoms with van der Waals surface area (Å²) in [4.78, 5) is 24.8. The topological polar surface area (TPSA) is 84.6 Å². The molecule has 7 heteroatoms. The smallest absolute Gasteiger partial charge is 0.257 e. The predicted molar refractivity (Wildman–Crippen MR) is 108 cm³/mol. The molecule has 0 spiro atoms. The number of hydrogen-bond acceptors (Lipinski definition) is 5. The summed E-state index contributed by atoms with van der Waals surface area (Å²) in [5.74, 6) is -2.12. The van der Waals surface area contributed by atoms with Gasteiger partial charge in [0, 0.05) is 46.3 Å². The summed E-state index contributed by atoms with van der Waals surface area (Å²) in [6.07, 6.45) is 3.03. The van der Waals surface area contributed by atoms with E-state index in [2.05, 4.69) is 5.10 Å². The van der Waals surface area contributed by atoms with Crippen LogP contribution in [0.5, 0.6) is 0 Å². The van der Waals surface area contributed by atoms with Crippen LogP contribution in [0.3, 0.4) is 0 Å². The monoisotopic (exact) mass is 411 g/mol. The summed E-state index contributed by atoms with van der Waals surface area (Å²) in [5.41, 5.74) is -12.5. The lowest BCUT2D eigenvalue weighted by atomic mass is 9.74. The molecular weight excluding hydrogens is 366 g/mol. The first-order valence-corrected chi connectivity index (χ1v) is 7.54. The lowest BCUT2D eigenvalue weighted by Crippen LogP contribution is -2.41. The van der Waals surface area contributed by atoms with Gasteiger partial charge in [0.2, 0.25) is 5.78 Å². The first-order valence-electron chi connectivity index (χ1n) is 17.2. The second-order valence-electron chi connectivity index (χ2n) is 5.63. The van der Waals surface area contributed by atoms with Crippen molar-refractivity contribution in [3.05, 3.63) is 56.6 Å². The van der Waals surface area contributed by atoms with Gasteiger partial charge in [0.05, 0.1) is 2.74 Å². The fourth-order valence-electron chi connectivity index (χ4n) is 2.12. The maximum atomic E-state index is 14.0. The highest BCUT2D eigenvalue weighted by atomic mass is 35.5. The number of carbonyl (C=O) groups excluding carboxylic acids is 1. The Kier molecular flexibility index (Phi) is 1.84. The summed E-state index contributed by atoms with van der Waals surface area (Å²) in [6, 6.07) is -7.14. The molecule has 1 N–H and O–H groups in total. The molecular formula is C20H26ClN3O3. The molecule has 0 fully saturated rings. The molecule has 0 aliphatic heterocycles. The molecule has 0 aromatic carbocycles. The van der Waals surface area contributed by atoms with Gasteiger partial charge in [0.25, 0.3) is 6.04 Å². The maximum absolute atomic E-state index is 14.0. The van der Waals surface area contributed by atoms with E-state index in [9.17, 15) is 14.9 Å². The van der Waals surface area contributed by atoms with Crippen molar-refractivity contribution < 1.29 is 37.1 Å². The zero-order valence-electron chi connectivity index (χ0n) is 33.4. The Labute approximate surface area is 193 Å². The van der Waals surface area contributed by atoms with Crippen molar-refractivity contribution in [2.45, 2.75) is 53.2 Å². The molecule has 0 saturated heterocycles. The third kappa shape index (κ3) is 4.95. The third-order valence-corrected chi connectivity index (χ3v) is 3.67. The molecule has 2 aliphatic rings. The van der Waals surface area contributed by atoms with Crippen LogP contribution in [0.2, 0.25) is 0 Å². The summed E-state index contributed by atoms with van der Waals surface area (Å²) < 4.78 is 162. The number of Topliss-reactive ketones (excluding diaryl/α,β-unsaturated/α-hetero) is 1. The Morgan fingerprint density at radius 1 is 1.26 bits per heavy atom. The number of nitrogens with one attached hydrogen (secondary N) is 1. The van der Waals surface area contributed by atoms with Gasteiger partial charge in [0.15, 0.2) is 0 Å². The summed E-state index contributed by atoms with van der Waals surface area (Å²) >= 11 is 5.79. The normalized spacial score (nSPS) is 39.5. The third-order valence-electron chi connectivity index (χ3n) is 3.42. The number of allylic oxidation sites excluding steroid dienone is 6. The Hall–Kier alpha value is -2.21. The number of halogens is 1. The van der Waals surface area contributed by atoms with Crippen LogP contribution in [-0.2, 0) is 4.79 Å². The van der Waals surface area contributed by atoms with E-state index in [0.29, 0.717) is 0 Å². The Morgan fingerprint density at radius 3 is 2.52 bits per heavy atom. The van der Waals surface area contributed by atoms with E-state index in [-0.39, 0.29) is 5.03 Å². The summed E-state index contributed by atoms with van der Waals surface area (Å²) in [5, 5.41) is 15.0. The van der Waals surface area contributed by atoms with Crippen molar-refractivity contribution in [1.29, 1.82) is 0 Å². The van der Waals surface area contributed by atoms with E-state index in [0.717, 1.165) is 18.2 Å². The number of nitrogens with zero attached hydrogens (tertiary/aromatic N) is 2. The van der Waals surface area contributed by atoms with Gasteiger partial charge in [-0.05, 0) is 28.5 Å². The van der Waals surface area contributed by atoms with Crippen LogP contribution in [-0.4, -0.2) is 28.5 Å². The van der Waals surface area contributed by atoms with E-state index in [1.807, 2.05) is 5.43 Å². The van der Waals surface area contributed by atoms with Crippen molar-refractivity contribution in [1.82, 2.24) is 5.43 Å². The van der Waals surface area contributed by atoms with Gasteiger partial charge in [-0.2, -0.15) is 5.10 Å². The molecule has 6 nitrogen and oxygen atoms in total. The molecule has 0 amide bonds. The van der Waals surface area contributed by atoms with Gasteiger partial charge in [-0.25, -0.2) is 0 Å². The highest BCUT2D eigenvalue weighted by molar-refractivity contribution is 6.50. The molecule has 2 rings (SSSR count). The fourth-order valence-corrected chi connectivity index (χ4v) is 2.32. The van der Waals surface area contributed by atoms with Gasteiger partial charge in [-0.15, -0.1) is 0 Å². The molecule has 0 heterocycles. The Balaban J connectivity index is 3.37. The SMILES string of the molecule is [2H]C1=C(C(C([2H])([2H])[2H])(C([2H])([2H])[2H])C([2H])([2H])[2H])C(=O)C(=NNC2C=CC(Cl)=CC2[N+](=O)[O-])C([2H])=C1C(C([2H])([2H])[2H])(C([2H])([2H])[2H])C([2H])([2H])[2H]. The van der Waals surface area contributed by atoms with Gasteiger partial charge in [-0.3, -0.25) is 20.3 Å². The Bertz CT molecular complexity index is 1400. The van der Waals surface area contributed by atoms with E-state index in [4.69, 9.17) is 39.0 Å². The van der Waals surface area contributed by atoms with Crippen LogP contribution in [0, 0.1) is 20.9 Å². The van der Waals surface area contributed by atoms with Crippen molar-refractivity contribution in [3.8, 4) is 0 Å². The number of hydrogen-bond donors (Lipinski definition) is 1. The molecule has 146 valence electrons. The van der Waals surface area contributed by atoms with Crippen molar-refractivity contribution in [3.63, 3.8) is 0 Å². The second kappa shape index (κ2) is 7.43. The minimum Gasteiger partial charge on any atom is -0.295 e. The quantitative estimate of drug-likeness (QED) is 0.429. The molecule has 2 unspecified atom stereocenters. The highest BCUT2D eigenvalue weighted by Gasteiger charge is 2.34. The van der Waals surface area contributed by atoms with Crippen molar-refractivity contribution in [2.24, 2.45) is 15.9 Å². The van der Waals surface area contributed by atoms with Crippen LogP contribution in [0.15, 0.2) is 51.6 Å². The van der Waals surface area contributed by atoms with Crippen molar-refractivity contribution in [2.75, 3.05) is 0 Å². The van der Waals surface area contributed by atoms with E-state index in [1.165, 1.54) is 0 Å². The molecule has 0 bridgehead atoms. The molecule has 27 heavy (non-hydrogen) atoms. The first kappa shape index (κ1) is 6.69. The molecule has 0 aromatic rings. The van der Waals surface area contributed by atoms with Gasteiger partial charge in [0.1, 0.15) is 11.8 Å². The lowest BCUT2D eigenvalue weighted by Gasteiger charge is -2.30. The average molecular weight is 412 g/mol. The van der Waals surface area contributed by atoms with E-state index < -0.39 is 104 Å². The standard InChI is InChI=1S/C20H26ClN3O3/c1-19(2,3)12-9-14(20(4,5)6)18(25)16(10-12)23-22-15-8-7-13(21)11-17(15)24(26)27/h7-11,15,17,22H,1-6H3/i1D3,2D3,3D3,4D3,5D3,6D3,9D,10D. The number of hydrazone groups is 1. The Morgan fingerprint density at radius 2 is 1.93 bits per heavy atom. The minimum atomic E-state index is -4.44. The highest BCUT2D eigenvalue weighted by Crippen LogP contribution is 2.36. The van der Waals surface area contributed by atoms with Crippen LogP contribution >= 0.6 is 11.6 Å². The number of nitro groups is 1. The van der Waals surface area contributed by atoms with Crippen molar-refractivity contribution >= 4 is 23.1 Å². The number of rotatable bonds is 3. The molecule has 0 saturated carbocycles. The molecule has 0 aromatic heterocycles. The zero-order chi connectivity index (χ0) is 37.3. The number of carbonyl (C=O) groups is 1. The van der Waals surface area contributed by atoms with E-state index >= 15 is 0 Å². The lowest BCUT2D eigenvalue weighted by molar-refractivity contribution is -0.511. The zero-order valence-corrected chi connectivity index (χ0v) is 14.1. The molecule has 0 radical (unpaired) electrons. The maximum Gasteiger partial charge on any atom is 0.257 e. The minimum absolute atomic E-state index is 0.130. The van der Waals surface area contributed by atoms with Gasteiger partial charge < -0.3 is 0 Å². The van der Waals surface area contributed by atoms with Crippen LogP contribution in [0.1, 0.15) is 68.5 Å². The molecule has 2 aliphatic carbocycles. The number of ketones is 1. The molecule has 2 atom stereocenters. The van der Waals surface area contributed by atoms with Crippen LogP contribution in [0.4, 0.5) is 0 Å². The van der Waals surface area contributed by atoms with Crippen LogP contribution in [0.25, 0.3) is 0 Å². The van der Waals surface area contributed by atoms with Crippen LogP contribution < -0.4 is 5.43 Å². The average Bonchev–Trinajstić information content (AvgIpc) is 2.79. The fraction of sp³-hybridized carbons (Fsp3) is 0.500. The first-order chi connectivity index (χ1) is 20.7. The largest absolute Gasteiger partial charge is 0.295 e. The van der Waals surface area contributed by atoms with Gasteiger partial charge in [-0.1, -0.05) is 64.8 Å².